The van der Waals surface area contributed by atoms with E-state index in [0.29, 0.717) is 0 Å². The van der Waals surface area contributed by atoms with Crippen LogP contribution in [0, 0.1) is 0 Å². The molecule has 0 bridgehead atoms. The van der Waals surface area contributed by atoms with Crippen molar-refractivity contribution in [2.45, 2.75) is 13.8 Å². The highest BCUT2D eigenvalue weighted by Crippen LogP contribution is 2.11. The lowest BCUT2D eigenvalue weighted by Crippen LogP contribution is -2.08. The molecule has 3 rings (SSSR count). The van der Waals surface area contributed by atoms with Gasteiger partial charge in [-0.3, -0.25) is 0 Å². The van der Waals surface area contributed by atoms with Gasteiger partial charge < -0.3 is 4.57 Å². The Kier molecular flexibility index (Phi) is 6.41. The van der Waals surface area contributed by atoms with Crippen LogP contribution in [0.3, 0.4) is 0 Å². The predicted molar refractivity (Wildman–Crippen MR) is 118 cm³/mol. The molecule has 0 saturated carbocycles. The number of hydrogen-bond acceptors (Lipinski definition) is 4. The summed E-state index contributed by atoms with van der Waals surface area (Å²) in [5.74, 6) is 0. The van der Waals surface area contributed by atoms with Crippen LogP contribution in [0.5, 0.6) is 0 Å². The SMILES string of the molecule is C/C(=N/N=C\c1ccccc1)c1ccc(/C(C)=N/N=C\c2ccccc2)n1C. The largest absolute Gasteiger partial charge is 0.342 e. The molecule has 0 unspecified atom stereocenters. The van der Waals surface area contributed by atoms with Gasteiger partial charge >= 0.3 is 0 Å². The maximum Gasteiger partial charge on any atom is 0.0835 e. The summed E-state index contributed by atoms with van der Waals surface area (Å²) in [6.45, 7) is 3.89. The quantitative estimate of drug-likeness (QED) is 0.446. The summed E-state index contributed by atoms with van der Waals surface area (Å²) in [7, 11) is 1.99. The molecule has 0 aliphatic carbocycles. The minimum absolute atomic E-state index is 0.835. The Labute approximate surface area is 165 Å². The maximum atomic E-state index is 4.32. The van der Waals surface area contributed by atoms with Gasteiger partial charge in [-0.15, -0.1) is 0 Å². The molecule has 0 fully saturated rings. The van der Waals surface area contributed by atoms with Gasteiger partial charge in [-0.25, -0.2) is 0 Å². The molecule has 0 aliphatic heterocycles. The molecule has 5 heteroatoms. The molecule has 1 aromatic heterocycles. The van der Waals surface area contributed by atoms with Crippen LogP contribution in [0.4, 0.5) is 0 Å². The first kappa shape index (κ1) is 19.2. The molecule has 0 atom stereocenters. The van der Waals surface area contributed by atoms with Crippen molar-refractivity contribution in [1.82, 2.24) is 4.57 Å². The van der Waals surface area contributed by atoms with E-state index in [2.05, 4.69) is 20.4 Å². The minimum Gasteiger partial charge on any atom is -0.342 e. The highest BCUT2D eigenvalue weighted by molar-refractivity contribution is 6.02. The predicted octanol–water partition coefficient (Wildman–Crippen LogP) is 4.71. The zero-order valence-corrected chi connectivity index (χ0v) is 16.3. The van der Waals surface area contributed by atoms with Crippen LogP contribution in [0.15, 0.2) is 93.2 Å². The van der Waals surface area contributed by atoms with Gasteiger partial charge in [0.25, 0.3) is 0 Å². The second-order valence-corrected chi connectivity index (χ2v) is 6.34. The molecule has 140 valence electrons. The number of hydrogen-bond donors (Lipinski definition) is 0. The molecule has 0 aliphatic rings. The van der Waals surface area contributed by atoms with Crippen molar-refractivity contribution in [1.29, 1.82) is 0 Å². The Balaban J connectivity index is 1.73. The molecule has 2 aromatic carbocycles. The average molecular weight is 369 g/mol. The average Bonchev–Trinajstić information content (AvgIpc) is 3.11. The first-order chi connectivity index (χ1) is 13.6. The topological polar surface area (TPSA) is 54.4 Å². The Bertz CT molecular complexity index is 942. The van der Waals surface area contributed by atoms with Crippen LogP contribution in [-0.2, 0) is 7.05 Å². The van der Waals surface area contributed by atoms with Crippen molar-refractivity contribution >= 4 is 23.9 Å². The van der Waals surface area contributed by atoms with E-state index in [1.807, 2.05) is 98.3 Å². The van der Waals surface area contributed by atoms with E-state index in [1.54, 1.807) is 12.4 Å². The van der Waals surface area contributed by atoms with Crippen LogP contribution in [0.25, 0.3) is 0 Å². The number of benzene rings is 2. The van der Waals surface area contributed by atoms with Crippen LogP contribution in [-0.4, -0.2) is 28.4 Å². The lowest BCUT2D eigenvalue weighted by Gasteiger charge is -2.06. The fraction of sp³-hybridized carbons (Fsp3) is 0.130. The summed E-state index contributed by atoms with van der Waals surface area (Å²) >= 11 is 0. The Morgan fingerprint density at radius 2 is 1.04 bits per heavy atom. The molecule has 0 radical (unpaired) electrons. The van der Waals surface area contributed by atoms with E-state index in [4.69, 9.17) is 0 Å². The third-order valence-electron chi connectivity index (χ3n) is 4.29. The first-order valence-electron chi connectivity index (χ1n) is 9.07. The van der Waals surface area contributed by atoms with E-state index in [9.17, 15) is 0 Å². The van der Waals surface area contributed by atoms with Crippen LogP contribution < -0.4 is 0 Å². The summed E-state index contributed by atoms with van der Waals surface area (Å²) in [6, 6.07) is 23.9. The number of nitrogens with zero attached hydrogens (tertiary/aromatic N) is 5. The van der Waals surface area contributed by atoms with Crippen molar-refractivity contribution in [2.75, 3.05) is 0 Å². The van der Waals surface area contributed by atoms with Crippen LogP contribution in [0.1, 0.15) is 36.4 Å². The third kappa shape index (κ3) is 4.98. The Morgan fingerprint density at radius 3 is 1.43 bits per heavy atom. The first-order valence-corrected chi connectivity index (χ1v) is 9.07. The monoisotopic (exact) mass is 369 g/mol. The third-order valence-corrected chi connectivity index (χ3v) is 4.29. The molecule has 0 N–H and O–H groups in total. The van der Waals surface area contributed by atoms with E-state index < -0.39 is 0 Å². The number of rotatable bonds is 6. The molecular formula is C23H23N5. The summed E-state index contributed by atoms with van der Waals surface area (Å²) < 4.78 is 2.05. The fourth-order valence-electron chi connectivity index (χ4n) is 2.78. The summed E-state index contributed by atoms with van der Waals surface area (Å²) in [5, 5.41) is 17.0. The van der Waals surface area contributed by atoms with Crippen molar-refractivity contribution in [3.8, 4) is 0 Å². The van der Waals surface area contributed by atoms with Gasteiger partial charge in [0, 0.05) is 7.05 Å². The van der Waals surface area contributed by atoms with Crippen molar-refractivity contribution in [3.05, 3.63) is 95.3 Å². The van der Waals surface area contributed by atoms with E-state index in [1.165, 1.54) is 0 Å². The molecule has 1 heterocycles. The lowest BCUT2D eigenvalue weighted by atomic mass is 10.2. The lowest BCUT2D eigenvalue weighted by molar-refractivity contribution is 0.897. The minimum atomic E-state index is 0.835. The summed E-state index contributed by atoms with van der Waals surface area (Å²) in [6.07, 6.45) is 3.50. The standard InChI is InChI=1S/C23H23N5/c1-18(26-24-16-20-10-6-4-7-11-20)22-14-15-23(28(22)3)19(2)27-25-17-21-12-8-5-9-13-21/h4-17H,1-3H3/b24-16-,25-17-,26-18-,27-19+. The second-order valence-electron chi connectivity index (χ2n) is 6.34. The maximum absolute atomic E-state index is 4.32. The van der Waals surface area contributed by atoms with Gasteiger partial charge in [0.1, 0.15) is 0 Å². The highest BCUT2D eigenvalue weighted by Gasteiger charge is 2.09. The molecule has 0 spiro atoms. The van der Waals surface area contributed by atoms with E-state index in [0.717, 1.165) is 33.9 Å². The van der Waals surface area contributed by atoms with Crippen molar-refractivity contribution in [2.24, 2.45) is 27.5 Å². The van der Waals surface area contributed by atoms with Crippen LogP contribution in [0.2, 0.25) is 0 Å². The summed E-state index contributed by atoms with van der Waals surface area (Å²) in [5.41, 5.74) is 5.68. The molecule has 0 saturated heterocycles. The summed E-state index contributed by atoms with van der Waals surface area (Å²) in [4.78, 5) is 0. The van der Waals surface area contributed by atoms with Crippen LogP contribution >= 0.6 is 0 Å². The van der Waals surface area contributed by atoms with Gasteiger partial charge in [-0.1, -0.05) is 60.7 Å². The Hall–Kier alpha value is -3.60. The van der Waals surface area contributed by atoms with Gasteiger partial charge in [0.05, 0.1) is 35.2 Å². The second kappa shape index (κ2) is 9.37. The smallest absolute Gasteiger partial charge is 0.0835 e. The van der Waals surface area contributed by atoms with Gasteiger partial charge in [0.2, 0.25) is 0 Å². The highest BCUT2D eigenvalue weighted by atomic mass is 15.2. The van der Waals surface area contributed by atoms with Gasteiger partial charge in [-0.05, 0) is 37.1 Å². The molecule has 3 aromatic rings. The van der Waals surface area contributed by atoms with Crippen molar-refractivity contribution in [3.63, 3.8) is 0 Å². The van der Waals surface area contributed by atoms with Gasteiger partial charge in [0.15, 0.2) is 0 Å². The Morgan fingerprint density at radius 1 is 0.643 bits per heavy atom. The molecular weight excluding hydrogens is 346 g/mol. The van der Waals surface area contributed by atoms with Crippen molar-refractivity contribution < 1.29 is 0 Å². The van der Waals surface area contributed by atoms with E-state index >= 15 is 0 Å². The van der Waals surface area contributed by atoms with Gasteiger partial charge in [-0.2, -0.15) is 20.4 Å². The molecule has 5 nitrogen and oxygen atoms in total. The molecule has 28 heavy (non-hydrogen) atoms. The zero-order chi connectivity index (χ0) is 19.8. The fourth-order valence-corrected chi connectivity index (χ4v) is 2.78. The number of aromatic nitrogens is 1. The normalized spacial score (nSPS) is 13.0. The molecule has 0 amide bonds. The zero-order valence-electron chi connectivity index (χ0n) is 16.3. The van der Waals surface area contributed by atoms with E-state index in [-0.39, 0.29) is 0 Å².